The van der Waals surface area contributed by atoms with Gasteiger partial charge in [0.2, 0.25) is 5.91 Å². The highest BCUT2D eigenvalue weighted by Gasteiger charge is 2.15. The van der Waals surface area contributed by atoms with Gasteiger partial charge in [-0.1, -0.05) is 18.6 Å². The number of aromatic nitrogens is 3. The Morgan fingerprint density at radius 1 is 1.58 bits per heavy atom. The van der Waals surface area contributed by atoms with Crippen molar-refractivity contribution in [1.82, 2.24) is 20.3 Å². The Morgan fingerprint density at radius 3 is 2.89 bits per heavy atom. The van der Waals surface area contributed by atoms with Crippen LogP contribution in [0.5, 0.6) is 0 Å². The van der Waals surface area contributed by atoms with Crippen LogP contribution in [0, 0.1) is 5.92 Å². The first kappa shape index (κ1) is 15.1. The first-order valence-corrected chi connectivity index (χ1v) is 6.15. The Bertz CT molecular complexity index is 432. The van der Waals surface area contributed by atoms with Crippen LogP contribution < -0.4 is 11.1 Å². The van der Waals surface area contributed by atoms with Gasteiger partial charge >= 0.3 is 5.97 Å². The SMILES string of the molecule is CCCC(CN)C(=O)NCc1cn(CC(=O)O)nn1. The molecule has 4 N–H and O–H groups in total. The molecule has 0 aliphatic heterocycles. The zero-order valence-corrected chi connectivity index (χ0v) is 10.9. The van der Waals surface area contributed by atoms with Crippen molar-refractivity contribution in [1.29, 1.82) is 0 Å². The number of nitrogens with zero attached hydrogens (tertiary/aromatic N) is 3. The molecule has 0 bridgehead atoms. The summed E-state index contributed by atoms with van der Waals surface area (Å²) in [6.07, 6.45) is 3.13. The number of aliphatic carboxylic acids is 1. The standard InChI is InChI=1S/C11H19N5O3/c1-2-3-8(4-12)11(19)13-5-9-6-16(15-14-9)7-10(17)18/h6,8H,2-5,7,12H2,1H3,(H,13,19)(H,17,18). The molecule has 0 aliphatic rings. The van der Waals surface area contributed by atoms with Gasteiger partial charge in [-0.3, -0.25) is 9.59 Å². The molecule has 8 nitrogen and oxygen atoms in total. The van der Waals surface area contributed by atoms with Gasteiger partial charge in [0.05, 0.1) is 18.7 Å². The minimum Gasteiger partial charge on any atom is -0.480 e. The van der Waals surface area contributed by atoms with E-state index >= 15 is 0 Å². The summed E-state index contributed by atoms with van der Waals surface area (Å²) < 4.78 is 1.20. The zero-order chi connectivity index (χ0) is 14.3. The van der Waals surface area contributed by atoms with Crippen LogP contribution in [0.15, 0.2) is 6.20 Å². The van der Waals surface area contributed by atoms with Crippen LogP contribution in [0.4, 0.5) is 0 Å². The van der Waals surface area contributed by atoms with Crippen LogP contribution in [-0.4, -0.2) is 38.5 Å². The van der Waals surface area contributed by atoms with Gasteiger partial charge < -0.3 is 16.2 Å². The van der Waals surface area contributed by atoms with E-state index in [2.05, 4.69) is 15.6 Å². The lowest BCUT2D eigenvalue weighted by Crippen LogP contribution is -2.34. The van der Waals surface area contributed by atoms with Crippen LogP contribution in [0.2, 0.25) is 0 Å². The molecule has 0 saturated heterocycles. The smallest absolute Gasteiger partial charge is 0.325 e. The van der Waals surface area contributed by atoms with Crippen LogP contribution in [0.1, 0.15) is 25.5 Å². The lowest BCUT2D eigenvalue weighted by atomic mass is 10.0. The number of carboxylic acid groups (broad SMARTS) is 1. The molecule has 106 valence electrons. The first-order chi connectivity index (χ1) is 9.06. The zero-order valence-electron chi connectivity index (χ0n) is 10.9. The lowest BCUT2D eigenvalue weighted by molar-refractivity contribution is -0.138. The molecule has 0 radical (unpaired) electrons. The second kappa shape index (κ2) is 7.47. The number of hydrogen-bond donors (Lipinski definition) is 3. The molecule has 0 spiro atoms. The predicted molar refractivity (Wildman–Crippen MR) is 67.0 cm³/mol. The number of hydrogen-bond acceptors (Lipinski definition) is 5. The molecular weight excluding hydrogens is 250 g/mol. The Kier molecular flexibility index (Phi) is 5.94. The van der Waals surface area contributed by atoms with Crippen LogP contribution in [0.3, 0.4) is 0 Å². The van der Waals surface area contributed by atoms with Gasteiger partial charge in [0.1, 0.15) is 12.2 Å². The number of nitrogens with two attached hydrogens (primary N) is 1. The average molecular weight is 269 g/mol. The fourth-order valence-corrected chi connectivity index (χ4v) is 1.66. The van der Waals surface area contributed by atoms with E-state index in [1.54, 1.807) is 0 Å². The van der Waals surface area contributed by atoms with Gasteiger partial charge in [0.15, 0.2) is 0 Å². The van der Waals surface area contributed by atoms with Crippen molar-refractivity contribution in [3.8, 4) is 0 Å². The van der Waals surface area contributed by atoms with E-state index in [4.69, 9.17) is 10.8 Å². The van der Waals surface area contributed by atoms with E-state index in [1.807, 2.05) is 6.92 Å². The molecule has 19 heavy (non-hydrogen) atoms. The third-order valence-electron chi connectivity index (χ3n) is 2.62. The largest absolute Gasteiger partial charge is 0.480 e. The van der Waals surface area contributed by atoms with E-state index in [9.17, 15) is 9.59 Å². The molecular formula is C11H19N5O3. The molecule has 0 saturated carbocycles. The van der Waals surface area contributed by atoms with Gasteiger partial charge in [-0.2, -0.15) is 0 Å². The molecule has 1 rings (SSSR count). The van der Waals surface area contributed by atoms with Crippen LogP contribution in [0.25, 0.3) is 0 Å². The van der Waals surface area contributed by atoms with Crippen LogP contribution in [-0.2, 0) is 22.7 Å². The summed E-state index contributed by atoms with van der Waals surface area (Å²) in [5, 5.41) is 18.7. The molecule has 0 aliphatic carbocycles. The Balaban J connectivity index is 2.45. The highest BCUT2D eigenvalue weighted by molar-refractivity contribution is 5.78. The van der Waals surface area contributed by atoms with Crippen molar-refractivity contribution >= 4 is 11.9 Å². The summed E-state index contributed by atoms with van der Waals surface area (Å²) in [6.45, 7) is 2.28. The number of rotatable bonds is 8. The maximum atomic E-state index is 11.8. The topological polar surface area (TPSA) is 123 Å². The van der Waals surface area contributed by atoms with Gasteiger partial charge in [-0.15, -0.1) is 5.10 Å². The van der Waals surface area contributed by atoms with Gasteiger partial charge in [0, 0.05) is 6.54 Å². The van der Waals surface area contributed by atoms with Gasteiger partial charge in [-0.25, -0.2) is 4.68 Å². The van der Waals surface area contributed by atoms with E-state index < -0.39 is 5.97 Å². The molecule has 1 atom stereocenters. The minimum absolute atomic E-state index is 0.114. The van der Waals surface area contributed by atoms with Gasteiger partial charge in [0.25, 0.3) is 0 Å². The molecule has 1 heterocycles. The van der Waals surface area contributed by atoms with Crippen molar-refractivity contribution in [2.45, 2.75) is 32.9 Å². The Hall–Kier alpha value is -1.96. The summed E-state index contributed by atoms with van der Waals surface area (Å²) in [5.74, 6) is -1.30. The van der Waals surface area contributed by atoms with Crippen LogP contribution >= 0.6 is 0 Å². The van der Waals surface area contributed by atoms with Crippen molar-refractivity contribution in [3.05, 3.63) is 11.9 Å². The van der Waals surface area contributed by atoms with E-state index in [-0.39, 0.29) is 24.9 Å². The summed E-state index contributed by atoms with van der Waals surface area (Å²) in [4.78, 5) is 22.3. The lowest BCUT2D eigenvalue weighted by Gasteiger charge is -2.12. The second-order valence-electron chi connectivity index (χ2n) is 4.24. The second-order valence-corrected chi connectivity index (χ2v) is 4.24. The fourth-order valence-electron chi connectivity index (χ4n) is 1.66. The average Bonchev–Trinajstić information content (AvgIpc) is 2.79. The Labute approximate surface area is 111 Å². The number of nitrogens with one attached hydrogen (secondary N) is 1. The Morgan fingerprint density at radius 2 is 2.32 bits per heavy atom. The molecule has 1 aromatic heterocycles. The maximum Gasteiger partial charge on any atom is 0.325 e. The van der Waals surface area contributed by atoms with E-state index in [0.717, 1.165) is 12.8 Å². The summed E-state index contributed by atoms with van der Waals surface area (Å²) >= 11 is 0. The molecule has 8 heteroatoms. The highest BCUT2D eigenvalue weighted by Crippen LogP contribution is 2.04. The predicted octanol–water partition coefficient (Wildman–Crippen LogP) is -0.646. The van der Waals surface area contributed by atoms with E-state index in [0.29, 0.717) is 12.2 Å². The number of carbonyl (C=O) groups is 2. The third-order valence-corrected chi connectivity index (χ3v) is 2.62. The quantitative estimate of drug-likeness (QED) is 0.576. The molecule has 1 aromatic rings. The number of carboxylic acids is 1. The van der Waals surface area contributed by atoms with Gasteiger partial charge in [-0.05, 0) is 6.42 Å². The van der Waals surface area contributed by atoms with Crippen molar-refractivity contribution in [2.24, 2.45) is 11.7 Å². The summed E-state index contributed by atoms with van der Waals surface area (Å²) in [5.41, 5.74) is 6.05. The molecule has 1 unspecified atom stereocenters. The summed E-state index contributed by atoms with van der Waals surface area (Å²) in [6, 6.07) is 0. The number of carbonyl (C=O) groups excluding carboxylic acids is 1. The minimum atomic E-state index is -0.994. The monoisotopic (exact) mass is 269 g/mol. The maximum absolute atomic E-state index is 11.8. The van der Waals surface area contributed by atoms with E-state index in [1.165, 1.54) is 10.9 Å². The molecule has 0 fully saturated rings. The van der Waals surface area contributed by atoms with Crippen molar-refractivity contribution in [3.63, 3.8) is 0 Å². The third kappa shape index (κ3) is 5.04. The first-order valence-electron chi connectivity index (χ1n) is 6.15. The van der Waals surface area contributed by atoms with Crippen molar-refractivity contribution in [2.75, 3.05) is 6.54 Å². The number of amides is 1. The molecule has 0 aromatic carbocycles. The highest BCUT2D eigenvalue weighted by atomic mass is 16.4. The van der Waals surface area contributed by atoms with Crippen molar-refractivity contribution < 1.29 is 14.7 Å². The normalized spacial score (nSPS) is 12.1. The fraction of sp³-hybridized carbons (Fsp3) is 0.636. The summed E-state index contributed by atoms with van der Waals surface area (Å²) in [7, 11) is 0. The molecule has 1 amide bonds.